The van der Waals surface area contributed by atoms with Crippen molar-refractivity contribution >= 4 is 17.7 Å². The third-order valence-electron chi connectivity index (χ3n) is 3.64. The molecule has 0 aromatic heterocycles. The van der Waals surface area contributed by atoms with Crippen LogP contribution in [0, 0.1) is 0 Å². The lowest BCUT2D eigenvalue weighted by Gasteiger charge is -2.09. The highest BCUT2D eigenvalue weighted by Crippen LogP contribution is 2.32. The van der Waals surface area contributed by atoms with Crippen LogP contribution in [-0.2, 0) is 11.2 Å². The summed E-state index contributed by atoms with van der Waals surface area (Å²) in [4.78, 5) is 13.5. The molecule has 1 amide bonds. The molecule has 3 aromatic carbocycles. The lowest BCUT2D eigenvalue weighted by atomic mass is 10.1. The van der Waals surface area contributed by atoms with E-state index in [9.17, 15) is 4.79 Å². The Kier molecular flexibility index (Phi) is 5.31. The molecule has 3 aromatic rings. The number of rotatable bonds is 5. The Morgan fingerprint density at radius 1 is 0.833 bits per heavy atom. The average molecular weight is 335 g/mol. The fraction of sp³-hybridized carbons (Fsp3) is 0.0500. The summed E-state index contributed by atoms with van der Waals surface area (Å²) >= 11 is 1.61. The van der Waals surface area contributed by atoms with Crippen molar-refractivity contribution in [3.8, 4) is 11.1 Å². The van der Waals surface area contributed by atoms with E-state index >= 15 is 0 Å². The van der Waals surface area contributed by atoms with Crippen molar-refractivity contribution in [2.75, 3.05) is 0 Å². The van der Waals surface area contributed by atoms with E-state index in [2.05, 4.69) is 36.4 Å². The van der Waals surface area contributed by atoms with Gasteiger partial charge in [0.05, 0.1) is 6.42 Å². The molecule has 0 heterocycles. The van der Waals surface area contributed by atoms with Crippen LogP contribution >= 0.6 is 11.8 Å². The quantitative estimate of drug-likeness (QED) is 0.531. The minimum absolute atomic E-state index is 0.155. The first-order valence-corrected chi connectivity index (χ1v) is 8.42. The van der Waals surface area contributed by atoms with Gasteiger partial charge in [0.2, 0.25) is 5.91 Å². The molecule has 0 saturated carbocycles. The van der Waals surface area contributed by atoms with Crippen LogP contribution in [0.2, 0.25) is 0 Å². The summed E-state index contributed by atoms with van der Waals surface area (Å²) in [6.45, 7) is 0. The summed E-state index contributed by atoms with van der Waals surface area (Å²) in [5.74, 6) is -0.414. The zero-order chi connectivity index (χ0) is 16.8. The summed E-state index contributed by atoms with van der Waals surface area (Å²) < 4.78 is 0. The van der Waals surface area contributed by atoms with Crippen LogP contribution in [-0.4, -0.2) is 11.1 Å². The SMILES string of the molecule is O=C(Cc1ccccc1Sc1ccc(-c2ccccc2)cc1)NO. The van der Waals surface area contributed by atoms with Crippen LogP contribution in [0.5, 0.6) is 0 Å². The van der Waals surface area contributed by atoms with Crippen molar-refractivity contribution in [3.05, 3.63) is 84.4 Å². The Bertz CT molecular complexity index is 817. The molecule has 2 N–H and O–H groups in total. The second kappa shape index (κ2) is 7.81. The van der Waals surface area contributed by atoms with Gasteiger partial charge >= 0.3 is 0 Å². The monoisotopic (exact) mass is 335 g/mol. The topological polar surface area (TPSA) is 49.3 Å². The number of nitrogens with one attached hydrogen (secondary N) is 1. The van der Waals surface area contributed by atoms with Gasteiger partial charge in [0, 0.05) is 9.79 Å². The second-order valence-corrected chi connectivity index (χ2v) is 6.43. The largest absolute Gasteiger partial charge is 0.289 e. The molecule has 0 aliphatic rings. The zero-order valence-electron chi connectivity index (χ0n) is 13.0. The highest BCUT2D eigenvalue weighted by atomic mass is 32.2. The first-order valence-electron chi connectivity index (χ1n) is 7.60. The summed E-state index contributed by atoms with van der Waals surface area (Å²) in [5, 5.41) is 8.71. The molecule has 0 unspecified atom stereocenters. The summed E-state index contributed by atoms with van der Waals surface area (Å²) in [6.07, 6.45) is 0.155. The van der Waals surface area contributed by atoms with E-state index in [4.69, 9.17) is 5.21 Å². The van der Waals surface area contributed by atoms with Crippen molar-refractivity contribution in [3.63, 3.8) is 0 Å². The van der Waals surface area contributed by atoms with Crippen LogP contribution in [0.1, 0.15) is 5.56 Å². The first-order chi connectivity index (χ1) is 11.8. The summed E-state index contributed by atoms with van der Waals surface area (Å²) in [5.41, 5.74) is 4.93. The molecule has 120 valence electrons. The maximum atomic E-state index is 11.4. The van der Waals surface area contributed by atoms with Gasteiger partial charge in [0.15, 0.2) is 0 Å². The van der Waals surface area contributed by atoms with Crippen LogP contribution in [0.4, 0.5) is 0 Å². The van der Waals surface area contributed by atoms with E-state index in [1.54, 1.807) is 17.2 Å². The lowest BCUT2D eigenvalue weighted by Crippen LogP contribution is -2.20. The summed E-state index contributed by atoms with van der Waals surface area (Å²) in [6, 6.07) is 26.3. The highest BCUT2D eigenvalue weighted by Gasteiger charge is 2.08. The first kappa shape index (κ1) is 16.3. The van der Waals surface area contributed by atoms with E-state index in [0.717, 1.165) is 15.4 Å². The van der Waals surface area contributed by atoms with Gasteiger partial charge in [-0.05, 0) is 34.9 Å². The van der Waals surface area contributed by atoms with Crippen molar-refractivity contribution in [2.24, 2.45) is 0 Å². The maximum Gasteiger partial charge on any atom is 0.247 e. The maximum absolute atomic E-state index is 11.4. The third kappa shape index (κ3) is 4.04. The molecule has 0 atom stereocenters. The Morgan fingerprint density at radius 2 is 1.46 bits per heavy atom. The normalized spacial score (nSPS) is 10.4. The molecule has 24 heavy (non-hydrogen) atoms. The van der Waals surface area contributed by atoms with Crippen LogP contribution < -0.4 is 5.48 Å². The van der Waals surface area contributed by atoms with Crippen molar-refractivity contribution in [1.82, 2.24) is 5.48 Å². The molecule has 0 fully saturated rings. The number of hydrogen-bond donors (Lipinski definition) is 2. The molecule has 0 saturated heterocycles. The molecule has 0 aliphatic carbocycles. The molecule has 3 rings (SSSR count). The van der Waals surface area contributed by atoms with Crippen LogP contribution in [0.3, 0.4) is 0 Å². The molecular formula is C20H17NO2S. The average Bonchev–Trinajstić information content (AvgIpc) is 2.64. The molecule has 0 aliphatic heterocycles. The van der Waals surface area contributed by atoms with Gasteiger partial charge in [0.1, 0.15) is 0 Å². The molecular weight excluding hydrogens is 318 g/mol. The van der Waals surface area contributed by atoms with E-state index in [1.165, 1.54) is 11.1 Å². The fourth-order valence-corrected chi connectivity index (χ4v) is 3.38. The molecule has 4 heteroatoms. The fourth-order valence-electron chi connectivity index (χ4n) is 2.43. The van der Waals surface area contributed by atoms with E-state index in [1.807, 2.05) is 42.5 Å². The van der Waals surface area contributed by atoms with E-state index in [-0.39, 0.29) is 6.42 Å². The predicted octanol–water partition coefficient (Wildman–Crippen LogP) is 4.55. The van der Waals surface area contributed by atoms with Crippen molar-refractivity contribution < 1.29 is 10.0 Å². The second-order valence-electron chi connectivity index (χ2n) is 5.31. The number of carbonyl (C=O) groups excluding carboxylic acids is 1. The van der Waals surface area contributed by atoms with Gasteiger partial charge in [0.25, 0.3) is 0 Å². The number of hydroxylamine groups is 1. The Morgan fingerprint density at radius 3 is 2.17 bits per heavy atom. The standard InChI is InChI=1S/C20H17NO2S/c22-20(21-23)14-17-8-4-5-9-19(17)24-18-12-10-16(11-13-18)15-6-2-1-3-7-15/h1-13,23H,14H2,(H,21,22). The number of benzene rings is 3. The smallest absolute Gasteiger partial charge is 0.247 e. The molecule has 3 nitrogen and oxygen atoms in total. The number of amides is 1. The minimum Gasteiger partial charge on any atom is -0.289 e. The van der Waals surface area contributed by atoms with Crippen LogP contribution in [0.25, 0.3) is 11.1 Å². The molecule has 0 radical (unpaired) electrons. The van der Waals surface area contributed by atoms with Gasteiger partial charge in [-0.15, -0.1) is 0 Å². The van der Waals surface area contributed by atoms with Gasteiger partial charge < -0.3 is 0 Å². The zero-order valence-corrected chi connectivity index (χ0v) is 13.8. The van der Waals surface area contributed by atoms with Gasteiger partial charge in [-0.1, -0.05) is 72.4 Å². The van der Waals surface area contributed by atoms with Gasteiger partial charge in [-0.3, -0.25) is 10.0 Å². The summed E-state index contributed by atoms with van der Waals surface area (Å²) in [7, 11) is 0. The number of carbonyl (C=O) groups is 1. The Labute approximate surface area is 145 Å². The van der Waals surface area contributed by atoms with Crippen LogP contribution in [0.15, 0.2) is 88.7 Å². The predicted molar refractivity (Wildman–Crippen MR) is 96.1 cm³/mol. The number of hydrogen-bond acceptors (Lipinski definition) is 3. The van der Waals surface area contributed by atoms with E-state index < -0.39 is 5.91 Å². The molecule has 0 bridgehead atoms. The van der Waals surface area contributed by atoms with E-state index in [0.29, 0.717) is 0 Å². The van der Waals surface area contributed by atoms with Crippen molar-refractivity contribution in [2.45, 2.75) is 16.2 Å². The van der Waals surface area contributed by atoms with Crippen molar-refractivity contribution in [1.29, 1.82) is 0 Å². The van der Waals surface area contributed by atoms with Gasteiger partial charge in [-0.25, -0.2) is 5.48 Å². The van der Waals surface area contributed by atoms with Gasteiger partial charge in [-0.2, -0.15) is 0 Å². The Hall–Kier alpha value is -2.56. The highest BCUT2D eigenvalue weighted by molar-refractivity contribution is 7.99. The Balaban J connectivity index is 1.78. The molecule has 0 spiro atoms. The third-order valence-corrected chi connectivity index (χ3v) is 4.76. The minimum atomic E-state index is -0.414. The lowest BCUT2D eigenvalue weighted by molar-refractivity contribution is -0.128.